The molecule has 1 atom stereocenters. The van der Waals surface area contributed by atoms with Gasteiger partial charge in [0.2, 0.25) is 5.82 Å². The van der Waals surface area contributed by atoms with Crippen LogP contribution in [0.1, 0.15) is 12.8 Å². The van der Waals surface area contributed by atoms with Crippen LogP contribution in [0.4, 0.5) is 11.6 Å². The fourth-order valence-corrected chi connectivity index (χ4v) is 3.05. The molecule has 0 spiro atoms. The molecule has 1 aliphatic rings. The number of nitro groups is 1. The van der Waals surface area contributed by atoms with E-state index in [1.807, 2.05) is 4.90 Å². The molecule has 3 heterocycles. The number of fused-ring (bicyclic) bond motifs is 1. The third kappa shape index (κ3) is 1.73. The van der Waals surface area contributed by atoms with Gasteiger partial charge in [0.1, 0.15) is 6.20 Å². The first-order chi connectivity index (χ1) is 8.66. The zero-order valence-electron chi connectivity index (χ0n) is 9.65. The molecule has 2 aromatic rings. The highest BCUT2D eigenvalue weighted by Gasteiger charge is 2.30. The molecule has 0 aliphatic carbocycles. The highest BCUT2D eigenvalue weighted by Crippen LogP contribution is 2.32. The number of nitrogens with two attached hydrogens (primary N) is 1. The van der Waals surface area contributed by atoms with Crippen molar-refractivity contribution in [3.63, 3.8) is 0 Å². The number of piperidine rings is 1. The Balaban J connectivity index is 2.07. The maximum absolute atomic E-state index is 11.2. The van der Waals surface area contributed by atoms with Gasteiger partial charge in [0.25, 0.3) is 4.96 Å². The second-order valence-corrected chi connectivity index (χ2v) is 5.29. The fourth-order valence-electron chi connectivity index (χ4n) is 2.35. The molecular formula is C10H13N5O2S. The normalized spacial score (nSPS) is 20.5. The van der Waals surface area contributed by atoms with E-state index in [0.717, 1.165) is 19.4 Å². The lowest BCUT2D eigenvalue weighted by atomic mass is 10.1. The van der Waals surface area contributed by atoms with Crippen LogP contribution < -0.4 is 10.6 Å². The summed E-state index contributed by atoms with van der Waals surface area (Å²) in [7, 11) is 0. The zero-order valence-corrected chi connectivity index (χ0v) is 10.5. The molecule has 96 valence electrons. The lowest BCUT2D eigenvalue weighted by molar-refractivity contribution is -0.389. The molecule has 0 saturated carbocycles. The van der Waals surface area contributed by atoms with E-state index in [-0.39, 0.29) is 16.8 Å². The summed E-state index contributed by atoms with van der Waals surface area (Å²) in [6, 6.07) is 0.0677. The van der Waals surface area contributed by atoms with Crippen molar-refractivity contribution in [2.75, 3.05) is 18.0 Å². The Morgan fingerprint density at radius 2 is 2.44 bits per heavy atom. The van der Waals surface area contributed by atoms with Gasteiger partial charge in [0.05, 0.1) is 0 Å². The summed E-state index contributed by atoms with van der Waals surface area (Å²) < 4.78 is 1.53. The molecule has 2 aromatic heterocycles. The van der Waals surface area contributed by atoms with Crippen molar-refractivity contribution in [1.29, 1.82) is 0 Å². The molecule has 7 nitrogen and oxygen atoms in total. The number of thiazole rings is 1. The van der Waals surface area contributed by atoms with Crippen LogP contribution in [0.3, 0.4) is 0 Å². The van der Waals surface area contributed by atoms with Gasteiger partial charge in [0.15, 0.2) is 0 Å². The predicted octanol–water partition coefficient (Wildman–Crippen LogP) is 1.23. The van der Waals surface area contributed by atoms with Crippen molar-refractivity contribution in [1.82, 2.24) is 9.38 Å². The summed E-state index contributed by atoms with van der Waals surface area (Å²) in [6.07, 6.45) is 3.59. The smallest absolute Gasteiger partial charge is 0.358 e. The third-order valence-corrected chi connectivity index (χ3v) is 3.91. The van der Waals surface area contributed by atoms with Crippen LogP contribution >= 0.6 is 11.3 Å². The minimum atomic E-state index is -0.373. The molecule has 1 unspecified atom stereocenters. The minimum absolute atomic E-state index is 0.0420. The first-order valence-electron chi connectivity index (χ1n) is 5.77. The Labute approximate surface area is 107 Å². The molecule has 2 N–H and O–H groups in total. The highest BCUT2D eigenvalue weighted by molar-refractivity contribution is 7.15. The van der Waals surface area contributed by atoms with E-state index in [0.29, 0.717) is 17.3 Å². The largest absolute Gasteiger partial charge is 0.373 e. The number of hydrogen-bond acceptors (Lipinski definition) is 6. The van der Waals surface area contributed by atoms with Crippen LogP contribution in [0.25, 0.3) is 4.96 Å². The van der Waals surface area contributed by atoms with E-state index < -0.39 is 0 Å². The van der Waals surface area contributed by atoms with Crippen molar-refractivity contribution in [3.05, 3.63) is 21.7 Å². The molecule has 18 heavy (non-hydrogen) atoms. The summed E-state index contributed by atoms with van der Waals surface area (Å²) in [5.41, 5.74) is 5.91. The van der Waals surface area contributed by atoms with E-state index in [9.17, 15) is 10.1 Å². The zero-order chi connectivity index (χ0) is 12.7. The Kier molecular flexibility index (Phi) is 2.67. The Morgan fingerprint density at radius 1 is 1.61 bits per heavy atom. The SMILES string of the molecule is NC1CCCN(c2nc3sccn3c2[N+](=O)[O-])C1. The van der Waals surface area contributed by atoms with E-state index in [1.165, 1.54) is 15.7 Å². The van der Waals surface area contributed by atoms with Crippen molar-refractivity contribution >= 4 is 27.9 Å². The molecule has 1 aliphatic heterocycles. The van der Waals surface area contributed by atoms with Gasteiger partial charge in [-0.3, -0.25) is 0 Å². The van der Waals surface area contributed by atoms with Crippen molar-refractivity contribution < 1.29 is 4.92 Å². The van der Waals surface area contributed by atoms with Crippen LogP contribution in [-0.2, 0) is 0 Å². The van der Waals surface area contributed by atoms with Gasteiger partial charge in [-0.15, -0.1) is 0 Å². The molecule has 0 radical (unpaired) electrons. The standard InChI is InChI=1S/C10H13N5O2S/c11-7-2-1-3-13(6-7)8-9(15(16)17)14-4-5-18-10(14)12-8/h4-5,7H,1-3,6,11H2. The monoisotopic (exact) mass is 267 g/mol. The maximum atomic E-state index is 11.2. The second kappa shape index (κ2) is 4.21. The molecule has 1 saturated heterocycles. The number of hydrogen-bond donors (Lipinski definition) is 1. The lowest BCUT2D eigenvalue weighted by Crippen LogP contribution is -2.43. The minimum Gasteiger partial charge on any atom is -0.358 e. The van der Waals surface area contributed by atoms with E-state index in [4.69, 9.17) is 5.73 Å². The van der Waals surface area contributed by atoms with Crippen LogP contribution in [0.15, 0.2) is 11.6 Å². The van der Waals surface area contributed by atoms with Gasteiger partial charge < -0.3 is 20.7 Å². The van der Waals surface area contributed by atoms with Gasteiger partial charge in [0, 0.05) is 24.5 Å². The quantitative estimate of drug-likeness (QED) is 0.653. The lowest BCUT2D eigenvalue weighted by Gasteiger charge is -2.30. The van der Waals surface area contributed by atoms with Crippen molar-refractivity contribution in [2.45, 2.75) is 18.9 Å². The third-order valence-electron chi connectivity index (χ3n) is 3.15. The summed E-state index contributed by atoms with van der Waals surface area (Å²) in [4.78, 5) is 17.8. The number of imidazole rings is 1. The Bertz CT molecular complexity index is 592. The van der Waals surface area contributed by atoms with E-state index >= 15 is 0 Å². The molecular weight excluding hydrogens is 254 g/mol. The Morgan fingerprint density at radius 3 is 3.17 bits per heavy atom. The molecule has 0 aromatic carbocycles. The summed E-state index contributed by atoms with van der Waals surface area (Å²) in [5.74, 6) is 0.488. The topological polar surface area (TPSA) is 89.7 Å². The maximum Gasteiger partial charge on any atom is 0.373 e. The van der Waals surface area contributed by atoms with Crippen LogP contribution in [0.5, 0.6) is 0 Å². The van der Waals surface area contributed by atoms with Gasteiger partial charge in [-0.1, -0.05) is 11.3 Å². The van der Waals surface area contributed by atoms with Crippen LogP contribution in [0, 0.1) is 10.1 Å². The van der Waals surface area contributed by atoms with E-state index in [2.05, 4.69) is 4.98 Å². The summed E-state index contributed by atoms with van der Waals surface area (Å²) in [5, 5.41) is 13.0. The predicted molar refractivity (Wildman–Crippen MR) is 69.1 cm³/mol. The van der Waals surface area contributed by atoms with Gasteiger partial charge in [-0.25, -0.2) is 0 Å². The van der Waals surface area contributed by atoms with Crippen molar-refractivity contribution in [2.24, 2.45) is 5.73 Å². The first-order valence-corrected chi connectivity index (χ1v) is 6.65. The van der Waals surface area contributed by atoms with Gasteiger partial charge >= 0.3 is 5.82 Å². The number of aromatic nitrogens is 2. The molecule has 3 rings (SSSR count). The first kappa shape index (κ1) is 11.4. The van der Waals surface area contributed by atoms with Crippen LogP contribution in [0.2, 0.25) is 0 Å². The van der Waals surface area contributed by atoms with Gasteiger partial charge in [-0.05, 0) is 17.8 Å². The number of rotatable bonds is 2. The molecule has 0 bridgehead atoms. The molecule has 1 fully saturated rings. The second-order valence-electron chi connectivity index (χ2n) is 4.42. The van der Waals surface area contributed by atoms with Crippen LogP contribution in [-0.4, -0.2) is 33.4 Å². The fraction of sp³-hybridized carbons (Fsp3) is 0.500. The van der Waals surface area contributed by atoms with Gasteiger partial charge in [-0.2, -0.15) is 9.38 Å². The molecule has 8 heteroatoms. The highest BCUT2D eigenvalue weighted by atomic mass is 32.1. The summed E-state index contributed by atoms with van der Waals surface area (Å²) >= 11 is 1.39. The summed E-state index contributed by atoms with van der Waals surface area (Å²) in [6.45, 7) is 1.41. The number of anilines is 1. The Hall–Kier alpha value is -1.67. The average Bonchev–Trinajstić information content (AvgIpc) is 2.87. The number of nitrogens with zero attached hydrogens (tertiary/aromatic N) is 4. The molecule has 0 amide bonds. The average molecular weight is 267 g/mol. The van der Waals surface area contributed by atoms with Crippen molar-refractivity contribution in [3.8, 4) is 0 Å². The van der Waals surface area contributed by atoms with E-state index in [1.54, 1.807) is 11.6 Å².